The highest BCUT2D eigenvalue weighted by Crippen LogP contribution is 2.27. The molecule has 9 nitrogen and oxygen atoms in total. The van der Waals surface area contributed by atoms with Gasteiger partial charge in [0.25, 0.3) is 5.91 Å². The number of nitrogens with zero attached hydrogens (tertiary/aromatic N) is 1. The Labute approximate surface area is 180 Å². The zero-order valence-electron chi connectivity index (χ0n) is 17.4. The first-order valence-electron chi connectivity index (χ1n) is 9.63. The van der Waals surface area contributed by atoms with Gasteiger partial charge in [0.05, 0.1) is 4.90 Å². The van der Waals surface area contributed by atoms with Crippen LogP contribution in [0.1, 0.15) is 30.0 Å². The van der Waals surface area contributed by atoms with Gasteiger partial charge in [-0.1, -0.05) is 42.5 Å². The molecule has 0 bridgehead atoms. The fraction of sp³-hybridized carbons (Fsp3) is 0.286. The van der Waals surface area contributed by atoms with Crippen LogP contribution in [0.15, 0.2) is 53.4 Å². The summed E-state index contributed by atoms with van der Waals surface area (Å²) in [4.78, 5) is 37.4. The lowest BCUT2D eigenvalue weighted by Gasteiger charge is -2.22. The number of rotatable bonds is 7. The SMILES string of the molecule is Cc1ccc(C)c(S(=O)(=O)NCCC(=O)NN2C(=O)NC(C)(c3ccccc3)C2=O)c1. The van der Waals surface area contributed by atoms with E-state index in [1.54, 1.807) is 63.2 Å². The van der Waals surface area contributed by atoms with Crippen molar-refractivity contribution in [2.45, 2.75) is 37.6 Å². The number of benzene rings is 2. The molecule has 1 aliphatic heterocycles. The summed E-state index contributed by atoms with van der Waals surface area (Å²) in [6, 6.07) is 13.0. The number of hydrazine groups is 1. The Balaban J connectivity index is 1.60. The van der Waals surface area contributed by atoms with Crippen LogP contribution in [0.2, 0.25) is 0 Å². The van der Waals surface area contributed by atoms with E-state index >= 15 is 0 Å². The van der Waals surface area contributed by atoms with Gasteiger partial charge in [-0.2, -0.15) is 5.01 Å². The van der Waals surface area contributed by atoms with Gasteiger partial charge in [-0.3, -0.25) is 15.0 Å². The molecule has 1 saturated heterocycles. The van der Waals surface area contributed by atoms with E-state index in [0.717, 1.165) is 5.56 Å². The highest BCUT2D eigenvalue weighted by atomic mass is 32.2. The third kappa shape index (κ3) is 4.59. The number of sulfonamides is 1. The van der Waals surface area contributed by atoms with Crippen LogP contribution in [0.5, 0.6) is 0 Å². The normalized spacial score (nSPS) is 18.7. The van der Waals surface area contributed by atoms with E-state index in [1.807, 2.05) is 6.07 Å². The Morgan fingerprint density at radius 2 is 1.77 bits per heavy atom. The smallest absolute Gasteiger partial charge is 0.318 e. The van der Waals surface area contributed by atoms with Gasteiger partial charge in [-0.25, -0.2) is 17.9 Å². The summed E-state index contributed by atoms with van der Waals surface area (Å²) in [7, 11) is -3.80. The average Bonchev–Trinajstić information content (AvgIpc) is 2.94. The summed E-state index contributed by atoms with van der Waals surface area (Å²) >= 11 is 0. The van der Waals surface area contributed by atoms with Crippen LogP contribution in [0, 0.1) is 13.8 Å². The van der Waals surface area contributed by atoms with Gasteiger partial charge in [0, 0.05) is 13.0 Å². The fourth-order valence-corrected chi connectivity index (χ4v) is 4.62. The maximum atomic E-state index is 12.8. The van der Waals surface area contributed by atoms with Crippen LogP contribution in [0.4, 0.5) is 4.79 Å². The second kappa shape index (κ2) is 8.48. The Hall–Kier alpha value is -3.24. The summed E-state index contributed by atoms with van der Waals surface area (Å²) < 4.78 is 27.4. The maximum absolute atomic E-state index is 12.8. The first-order valence-corrected chi connectivity index (χ1v) is 11.1. The predicted molar refractivity (Wildman–Crippen MR) is 113 cm³/mol. The van der Waals surface area contributed by atoms with Gasteiger partial charge in [-0.05, 0) is 43.5 Å². The predicted octanol–water partition coefficient (Wildman–Crippen LogP) is 1.47. The first-order chi connectivity index (χ1) is 14.5. The summed E-state index contributed by atoms with van der Waals surface area (Å²) in [5.41, 5.74) is 2.89. The lowest BCUT2D eigenvalue weighted by molar-refractivity contribution is -0.138. The van der Waals surface area contributed by atoms with Crippen LogP contribution in [0.3, 0.4) is 0 Å². The third-order valence-corrected chi connectivity index (χ3v) is 6.66. The van der Waals surface area contributed by atoms with Crippen molar-refractivity contribution in [3.8, 4) is 0 Å². The molecule has 3 rings (SSSR count). The minimum atomic E-state index is -3.80. The van der Waals surface area contributed by atoms with Gasteiger partial charge < -0.3 is 5.32 Å². The van der Waals surface area contributed by atoms with E-state index in [4.69, 9.17) is 0 Å². The standard InChI is InChI=1S/C21H24N4O5S/c1-14-9-10-15(2)17(13-14)31(29,30)22-12-11-18(26)24-25-19(27)21(3,23-20(25)28)16-7-5-4-6-8-16/h4-10,13,22H,11-12H2,1-3H3,(H,23,28)(H,24,26). The molecule has 1 heterocycles. The molecule has 3 N–H and O–H groups in total. The minimum Gasteiger partial charge on any atom is -0.318 e. The number of nitrogens with one attached hydrogen (secondary N) is 3. The molecule has 10 heteroatoms. The Kier molecular flexibility index (Phi) is 6.14. The van der Waals surface area contributed by atoms with E-state index < -0.39 is 33.4 Å². The molecule has 0 saturated carbocycles. The van der Waals surface area contributed by atoms with Gasteiger partial charge in [-0.15, -0.1) is 0 Å². The van der Waals surface area contributed by atoms with Gasteiger partial charge >= 0.3 is 6.03 Å². The molecular formula is C21H24N4O5S. The number of amides is 4. The zero-order valence-corrected chi connectivity index (χ0v) is 18.2. The van der Waals surface area contributed by atoms with Crippen LogP contribution in [-0.2, 0) is 25.2 Å². The monoisotopic (exact) mass is 444 g/mol. The largest absolute Gasteiger partial charge is 0.344 e. The number of carbonyl (C=O) groups is 3. The van der Waals surface area contributed by atoms with Crippen molar-refractivity contribution in [3.63, 3.8) is 0 Å². The lowest BCUT2D eigenvalue weighted by atomic mass is 9.92. The first kappa shape index (κ1) is 22.4. The molecule has 0 aliphatic carbocycles. The van der Waals surface area contributed by atoms with E-state index in [2.05, 4.69) is 15.5 Å². The molecule has 0 aromatic heterocycles. The van der Waals surface area contributed by atoms with E-state index in [0.29, 0.717) is 16.1 Å². The van der Waals surface area contributed by atoms with Gasteiger partial charge in [0.1, 0.15) is 5.54 Å². The molecule has 0 radical (unpaired) electrons. The molecule has 31 heavy (non-hydrogen) atoms. The van der Waals surface area contributed by atoms with E-state index in [1.165, 1.54) is 0 Å². The summed E-state index contributed by atoms with van der Waals surface area (Å²) in [5.74, 6) is -1.31. The zero-order chi connectivity index (χ0) is 22.8. The van der Waals surface area contributed by atoms with Crippen molar-refractivity contribution in [1.29, 1.82) is 0 Å². The molecule has 2 aromatic rings. The van der Waals surface area contributed by atoms with Crippen molar-refractivity contribution < 1.29 is 22.8 Å². The van der Waals surface area contributed by atoms with Crippen LogP contribution in [0.25, 0.3) is 0 Å². The lowest BCUT2D eigenvalue weighted by Crippen LogP contribution is -2.48. The fourth-order valence-electron chi connectivity index (χ4n) is 3.26. The molecular weight excluding hydrogens is 420 g/mol. The highest BCUT2D eigenvalue weighted by molar-refractivity contribution is 7.89. The number of hydrogen-bond acceptors (Lipinski definition) is 5. The second-order valence-corrected chi connectivity index (χ2v) is 9.25. The number of imide groups is 1. The molecule has 164 valence electrons. The van der Waals surface area contributed by atoms with E-state index in [-0.39, 0.29) is 17.9 Å². The van der Waals surface area contributed by atoms with Crippen molar-refractivity contribution in [1.82, 2.24) is 20.5 Å². The van der Waals surface area contributed by atoms with Gasteiger partial charge in [0.15, 0.2) is 0 Å². The van der Waals surface area contributed by atoms with Crippen LogP contribution < -0.4 is 15.5 Å². The van der Waals surface area contributed by atoms with Gasteiger partial charge in [0.2, 0.25) is 15.9 Å². The molecule has 2 aromatic carbocycles. The topological polar surface area (TPSA) is 125 Å². The van der Waals surface area contributed by atoms with Crippen LogP contribution in [-0.4, -0.2) is 37.8 Å². The Morgan fingerprint density at radius 1 is 1.10 bits per heavy atom. The molecule has 4 amide bonds. The minimum absolute atomic E-state index is 0.139. The summed E-state index contributed by atoms with van der Waals surface area (Å²) in [6.07, 6.45) is -0.261. The Bertz CT molecular complexity index is 1130. The molecule has 1 aliphatic rings. The van der Waals surface area contributed by atoms with Crippen molar-refractivity contribution in [3.05, 3.63) is 65.2 Å². The van der Waals surface area contributed by atoms with Crippen molar-refractivity contribution in [2.24, 2.45) is 0 Å². The average molecular weight is 445 g/mol. The molecule has 1 atom stereocenters. The quantitative estimate of drug-likeness (QED) is 0.558. The molecule has 1 fully saturated rings. The molecule has 1 unspecified atom stereocenters. The second-order valence-electron chi connectivity index (χ2n) is 7.51. The van der Waals surface area contributed by atoms with Crippen molar-refractivity contribution >= 4 is 27.9 Å². The number of hydrogen-bond donors (Lipinski definition) is 3. The number of urea groups is 1. The number of carbonyl (C=O) groups excluding carboxylic acids is 3. The molecule has 0 spiro atoms. The van der Waals surface area contributed by atoms with E-state index in [9.17, 15) is 22.8 Å². The maximum Gasteiger partial charge on any atom is 0.344 e. The number of aryl methyl sites for hydroxylation is 2. The highest BCUT2D eigenvalue weighted by Gasteiger charge is 2.49. The summed E-state index contributed by atoms with van der Waals surface area (Å²) in [5, 5.41) is 3.20. The van der Waals surface area contributed by atoms with Crippen LogP contribution >= 0.6 is 0 Å². The summed E-state index contributed by atoms with van der Waals surface area (Å²) in [6.45, 7) is 4.82. The third-order valence-electron chi connectivity index (χ3n) is 5.06. The van der Waals surface area contributed by atoms with Crippen molar-refractivity contribution in [2.75, 3.05) is 6.54 Å². The Morgan fingerprint density at radius 3 is 2.45 bits per heavy atom.